The molecule has 2 amide bonds. The Labute approximate surface area is 114 Å². The molecule has 1 aliphatic heterocycles. The van der Waals surface area contributed by atoms with Crippen molar-refractivity contribution in [3.8, 4) is 0 Å². The Hall–Kier alpha value is -1.14. The lowest BCUT2D eigenvalue weighted by molar-refractivity contribution is -0.139. The zero-order valence-electron chi connectivity index (χ0n) is 12.1. The molecule has 6 heteroatoms. The summed E-state index contributed by atoms with van der Waals surface area (Å²) in [6, 6.07) is 0.367. The number of carbonyl (C=O) groups is 2. The maximum atomic E-state index is 12.2. The first-order valence-corrected chi connectivity index (χ1v) is 6.78. The summed E-state index contributed by atoms with van der Waals surface area (Å²) in [6.07, 6.45) is 1.69. The number of hydrogen-bond acceptors (Lipinski definition) is 4. The van der Waals surface area contributed by atoms with E-state index < -0.39 is 0 Å². The Morgan fingerprint density at radius 2 is 2.21 bits per heavy atom. The molecule has 2 N–H and O–H groups in total. The van der Waals surface area contributed by atoms with Crippen molar-refractivity contribution < 1.29 is 14.3 Å². The number of nitrogens with one attached hydrogen (secondary N) is 2. The Kier molecular flexibility index (Phi) is 6.80. The lowest BCUT2D eigenvalue weighted by atomic mass is 9.92. The minimum Gasteiger partial charge on any atom is -0.383 e. The standard InChI is InChI=1S/C13H25N3O3/c1-10-8-11(4-5-14-10)13(18)16(2)9-12(17)15-6-7-19-3/h10-11,14H,4-9H2,1-3H3,(H,15,17). The van der Waals surface area contributed by atoms with E-state index in [9.17, 15) is 9.59 Å². The number of hydrogen-bond donors (Lipinski definition) is 2. The zero-order chi connectivity index (χ0) is 14.3. The summed E-state index contributed by atoms with van der Waals surface area (Å²) in [4.78, 5) is 25.3. The summed E-state index contributed by atoms with van der Waals surface area (Å²) < 4.78 is 4.85. The van der Waals surface area contributed by atoms with Crippen LogP contribution in [0.1, 0.15) is 19.8 Å². The van der Waals surface area contributed by atoms with E-state index in [2.05, 4.69) is 17.6 Å². The molecule has 0 bridgehead atoms. The molecule has 2 unspecified atom stereocenters. The van der Waals surface area contributed by atoms with Crippen LogP contribution in [0, 0.1) is 5.92 Å². The van der Waals surface area contributed by atoms with E-state index >= 15 is 0 Å². The summed E-state index contributed by atoms with van der Waals surface area (Å²) in [7, 11) is 3.27. The molecule has 1 heterocycles. The number of methoxy groups -OCH3 is 1. The monoisotopic (exact) mass is 271 g/mol. The summed E-state index contributed by atoms with van der Waals surface area (Å²) in [6.45, 7) is 4.01. The van der Waals surface area contributed by atoms with Gasteiger partial charge in [0.2, 0.25) is 11.8 Å². The fourth-order valence-corrected chi connectivity index (χ4v) is 2.31. The van der Waals surface area contributed by atoms with Gasteiger partial charge < -0.3 is 20.3 Å². The number of likely N-dealkylation sites (N-methyl/N-ethyl adjacent to an activating group) is 1. The van der Waals surface area contributed by atoms with E-state index in [-0.39, 0.29) is 24.3 Å². The van der Waals surface area contributed by atoms with E-state index in [1.54, 1.807) is 14.2 Å². The number of amides is 2. The van der Waals surface area contributed by atoms with Gasteiger partial charge in [-0.05, 0) is 26.3 Å². The van der Waals surface area contributed by atoms with Gasteiger partial charge in [-0.1, -0.05) is 0 Å². The molecule has 6 nitrogen and oxygen atoms in total. The van der Waals surface area contributed by atoms with Crippen molar-refractivity contribution in [2.45, 2.75) is 25.8 Å². The van der Waals surface area contributed by atoms with E-state index in [0.717, 1.165) is 19.4 Å². The van der Waals surface area contributed by atoms with Gasteiger partial charge in [0.05, 0.1) is 13.2 Å². The Balaban J connectivity index is 2.33. The quantitative estimate of drug-likeness (QED) is 0.645. The van der Waals surface area contributed by atoms with Crippen molar-refractivity contribution in [1.29, 1.82) is 0 Å². The normalized spacial score (nSPS) is 22.9. The van der Waals surface area contributed by atoms with Crippen molar-refractivity contribution in [2.75, 3.05) is 40.4 Å². The molecule has 110 valence electrons. The van der Waals surface area contributed by atoms with Gasteiger partial charge in [0.25, 0.3) is 0 Å². The molecule has 0 aromatic carbocycles. The van der Waals surface area contributed by atoms with Crippen LogP contribution in [0.3, 0.4) is 0 Å². The number of nitrogens with zero attached hydrogens (tertiary/aromatic N) is 1. The largest absolute Gasteiger partial charge is 0.383 e. The highest BCUT2D eigenvalue weighted by molar-refractivity contribution is 5.85. The second-order valence-electron chi connectivity index (χ2n) is 5.11. The summed E-state index contributed by atoms with van der Waals surface area (Å²) >= 11 is 0. The van der Waals surface area contributed by atoms with Crippen LogP contribution in [0.4, 0.5) is 0 Å². The molecule has 0 aromatic heterocycles. The minimum absolute atomic E-state index is 0.0352. The average Bonchev–Trinajstić information content (AvgIpc) is 2.38. The van der Waals surface area contributed by atoms with Crippen molar-refractivity contribution in [2.24, 2.45) is 5.92 Å². The SMILES string of the molecule is COCCNC(=O)CN(C)C(=O)C1CCNC(C)C1. The predicted octanol–water partition coefficient (Wildman–Crippen LogP) is -0.404. The second-order valence-corrected chi connectivity index (χ2v) is 5.11. The lowest BCUT2D eigenvalue weighted by Gasteiger charge is -2.30. The van der Waals surface area contributed by atoms with Crippen LogP contribution in [-0.4, -0.2) is 63.2 Å². The first-order valence-electron chi connectivity index (χ1n) is 6.78. The van der Waals surface area contributed by atoms with Gasteiger partial charge in [0, 0.05) is 32.7 Å². The molecule has 1 rings (SSSR count). The molecule has 1 fully saturated rings. The third-order valence-electron chi connectivity index (χ3n) is 3.36. The summed E-state index contributed by atoms with van der Waals surface area (Å²) in [5.74, 6) is -0.0434. The minimum atomic E-state index is -0.144. The van der Waals surface area contributed by atoms with Crippen LogP contribution in [0.2, 0.25) is 0 Å². The van der Waals surface area contributed by atoms with Gasteiger partial charge in [-0.15, -0.1) is 0 Å². The van der Waals surface area contributed by atoms with E-state index in [1.165, 1.54) is 4.90 Å². The van der Waals surface area contributed by atoms with Crippen LogP contribution in [0.5, 0.6) is 0 Å². The Morgan fingerprint density at radius 3 is 2.84 bits per heavy atom. The molecule has 1 aliphatic rings. The first kappa shape index (κ1) is 15.9. The van der Waals surface area contributed by atoms with E-state index in [4.69, 9.17) is 4.74 Å². The van der Waals surface area contributed by atoms with Crippen LogP contribution in [0.25, 0.3) is 0 Å². The molecular formula is C13H25N3O3. The van der Waals surface area contributed by atoms with Crippen molar-refractivity contribution >= 4 is 11.8 Å². The molecule has 1 saturated heterocycles. The first-order chi connectivity index (χ1) is 9.04. The molecule has 0 aliphatic carbocycles. The number of ether oxygens (including phenoxy) is 1. The van der Waals surface area contributed by atoms with E-state index in [1.807, 2.05) is 0 Å². The summed E-state index contributed by atoms with van der Waals surface area (Å²) in [5, 5.41) is 6.03. The number of carbonyl (C=O) groups excluding carboxylic acids is 2. The molecule has 0 aromatic rings. The highest BCUT2D eigenvalue weighted by atomic mass is 16.5. The predicted molar refractivity (Wildman–Crippen MR) is 72.7 cm³/mol. The van der Waals surface area contributed by atoms with Crippen LogP contribution in [0.15, 0.2) is 0 Å². The highest BCUT2D eigenvalue weighted by Crippen LogP contribution is 2.18. The molecule has 0 spiro atoms. The number of rotatable bonds is 6. The highest BCUT2D eigenvalue weighted by Gasteiger charge is 2.27. The molecule has 0 radical (unpaired) electrons. The zero-order valence-corrected chi connectivity index (χ0v) is 12.1. The molecule has 0 saturated carbocycles. The Bertz CT molecular complexity index is 310. The average molecular weight is 271 g/mol. The molecule has 19 heavy (non-hydrogen) atoms. The molecular weight excluding hydrogens is 246 g/mol. The second kappa shape index (κ2) is 8.12. The maximum Gasteiger partial charge on any atom is 0.239 e. The van der Waals surface area contributed by atoms with Gasteiger partial charge in [-0.25, -0.2) is 0 Å². The molecule has 2 atom stereocenters. The topological polar surface area (TPSA) is 70.7 Å². The lowest BCUT2D eigenvalue weighted by Crippen LogP contribution is -2.46. The maximum absolute atomic E-state index is 12.2. The van der Waals surface area contributed by atoms with Crippen molar-refractivity contribution in [3.05, 3.63) is 0 Å². The van der Waals surface area contributed by atoms with Crippen LogP contribution >= 0.6 is 0 Å². The van der Waals surface area contributed by atoms with Gasteiger partial charge in [-0.3, -0.25) is 9.59 Å². The third-order valence-corrected chi connectivity index (χ3v) is 3.36. The number of piperidine rings is 1. The Morgan fingerprint density at radius 1 is 1.47 bits per heavy atom. The van der Waals surface area contributed by atoms with Crippen molar-refractivity contribution in [1.82, 2.24) is 15.5 Å². The fraction of sp³-hybridized carbons (Fsp3) is 0.846. The fourth-order valence-electron chi connectivity index (χ4n) is 2.31. The summed E-state index contributed by atoms with van der Waals surface area (Å²) in [5.41, 5.74) is 0. The van der Waals surface area contributed by atoms with Gasteiger partial charge in [-0.2, -0.15) is 0 Å². The van der Waals surface area contributed by atoms with Crippen LogP contribution in [-0.2, 0) is 14.3 Å². The van der Waals surface area contributed by atoms with Gasteiger partial charge >= 0.3 is 0 Å². The third kappa shape index (κ3) is 5.57. The van der Waals surface area contributed by atoms with E-state index in [0.29, 0.717) is 19.2 Å². The van der Waals surface area contributed by atoms with Gasteiger partial charge in [0.1, 0.15) is 0 Å². The van der Waals surface area contributed by atoms with Gasteiger partial charge in [0.15, 0.2) is 0 Å². The van der Waals surface area contributed by atoms with Crippen molar-refractivity contribution in [3.63, 3.8) is 0 Å². The van der Waals surface area contributed by atoms with Crippen LogP contribution < -0.4 is 10.6 Å². The smallest absolute Gasteiger partial charge is 0.239 e.